The van der Waals surface area contributed by atoms with Gasteiger partial charge in [0.2, 0.25) is 10.0 Å². The van der Waals surface area contributed by atoms with Gasteiger partial charge in [-0.1, -0.05) is 24.2 Å². The second kappa shape index (κ2) is 12.6. The first-order valence-corrected chi connectivity index (χ1v) is 15.3. The molecule has 1 aliphatic heterocycles. The van der Waals surface area contributed by atoms with Crippen LogP contribution in [0.25, 0.3) is 22.6 Å². The van der Waals surface area contributed by atoms with Crippen LogP contribution in [0.3, 0.4) is 0 Å². The number of aryl methyl sites for hydroxylation is 2. The van der Waals surface area contributed by atoms with Crippen LogP contribution >= 0.6 is 0 Å². The first-order chi connectivity index (χ1) is 19.1. The van der Waals surface area contributed by atoms with Crippen molar-refractivity contribution in [1.29, 1.82) is 0 Å². The number of benzene rings is 1. The van der Waals surface area contributed by atoms with Crippen molar-refractivity contribution in [3.8, 4) is 28.4 Å². The molecule has 40 heavy (non-hydrogen) atoms. The molecule has 1 saturated heterocycles. The van der Waals surface area contributed by atoms with Crippen molar-refractivity contribution in [2.45, 2.75) is 53.2 Å². The van der Waals surface area contributed by atoms with E-state index >= 15 is 0 Å². The monoisotopic (exact) mass is 572 g/mol. The van der Waals surface area contributed by atoms with Crippen LogP contribution in [0.1, 0.15) is 37.3 Å². The second-order valence-corrected chi connectivity index (χ2v) is 12.3. The summed E-state index contributed by atoms with van der Waals surface area (Å²) in [4.78, 5) is 12.2. The van der Waals surface area contributed by atoms with E-state index in [1.165, 1.54) is 0 Å². The van der Waals surface area contributed by atoms with Gasteiger partial charge in [0.25, 0.3) is 0 Å². The Hall–Kier alpha value is -3.06. The van der Waals surface area contributed by atoms with E-state index in [0.29, 0.717) is 49.9 Å². The Morgan fingerprint density at radius 1 is 1.20 bits per heavy atom. The Balaban J connectivity index is 1.76. The number of nitrogens with one attached hydrogen (secondary N) is 1. The maximum Gasteiger partial charge on any atom is 0.214 e. The lowest BCUT2D eigenvalue weighted by molar-refractivity contribution is 0.108. The average Bonchev–Trinajstić information content (AvgIpc) is 3.29. The molecule has 3 aromatic rings. The molecule has 1 unspecified atom stereocenters. The predicted molar refractivity (Wildman–Crippen MR) is 155 cm³/mol. The molecule has 0 saturated carbocycles. The highest BCUT2D eigenvalue weighted by atomic mass is 32.2. The van der Waals surface area contributed by atoms with Crippen LogP contribution in [0.4, 0.5) is 5.82 Å². The van der Waals surface area contributed by atoms with E-state index < -0.39 is 16.1 Å². The quantitative estimate of drug-likeness (QED) is 0.353. The number of anilines is 1. The number of sulfonamides is 1. The fourth-order valence-electron chi connectivity index (χ4n) is 5.11. The number of piperazine rings is 1. The Morgan fingerprint density at radius 3 is 2.62 bits per heavy atom. The van der Waals surface area contributed by atoms with Crippen molar-refractivity contribution < 1.29 is 22.8 Å². The number of aliphatic hydroxyl groups excluding tert-OH is 1. The molecule has 4 rings (SSSR count). The van der Waals surface area contributed by atoms with Gasteiger partial charge in [-0.25, -0.2) is 18.4 Å². The first kappa shape index (κ1) is 29.9. The summed E-state index contributed by atoms with van der Waals surface area (Å²) in [5.74, 6) is 2.61. The van der Waals surface area contributed by atoms with Gasteiger partial charge >= 0.3 is 0 Å². The molecule has 0 bridgehead atoms. The summed E-state index contributed by atoms with van der Waals surface area (Å²) in [6, 6.07) is 7.33. The Kier molecular flexibility index (Phi) is 9.44. The maximum atomic E-state index is 12.8. The largest absolute Gasteiger partial charge is 0.491 e. The highest BCUT2D eigenvalue weighted by Gasteiger charge is 2.35. The summed E-state index contributed by atoms with van der Waals surface area (Å²) in [7, 11) is -1.53. The molecule has 0 aliphatic carbocycles. The normalized spacial score (nSPS) is 17.3. The van der Waals surface area contributed by atoms with Crippen molar-refractivity contribution in [3.63, 3.8) is 0 Å². The minimum Gasteiger partial charge on any atom is -0.491 e. The Morgan fingerprint density at radius 2 is 1.98 bits per heavy atom. The van der Waals surface area contributed by atoms with Crippen LogP contribution in [0.15, 0.2) is 28.8 Å². The molecule has 218 valence electrons. The van der Waals surface area contributed by atoms with Gasteiger partial charge in [-0.05, 0) is 53.3 Å². The zero-order valence-electron chi connectivity index (χ0n) is 24.1. The molecular weight excluding hydrogens is 532 g/mol. The summed E-state index contributed by atoms with van der Waals surface area (Å²) in [5.41, 5.74) is 3.92. The van der Waals surface area contributed by atoms with Crippen molar-refractivity contribution in [3.05, 3.63) is 41.3 Å². The zero-order valence-corrected chi connectivity index (χ0v) is 25.0. The first-order valence-electron chi connectivity index (χ1n) is 13.7. The number of aliphatic hydroxyl groups is 1. The minimum atomic E-state index is -3.31. The van der Waals surface area contributed by atoms with E-state index in [-0.39, 0.29) is 18.4 Å². The number of likely N-dealkylation sites (N-methyl/N-ethyl adjacent to an activating group) is 1. The Labute approximate surface area is 236 Å². The maximum absolute atomic E-state index is 12.8. The predicted octanol–water partition coefficient (Wildman–Crippen LogP) is 2.93. The summed E-state index contributed by atoms with van der Waals surface area (Å²) in [6.07, 6.45) is 0.0612. The van der Waals surface area contributed by atoms with Crippen LogP contribution in [-0.2, 0) is 10.0 Å². The number of ether oxygens (including phenoxy) is 1. The molecule has 1 aliphatic rings. The van der Waals surface area contributed by atoms with Crippen LogP contribution in [0.2, 0.25) is 0 Å². The highest BCUT2D eigenvalue weighted by Crippen LogP contribution is 2.36. The molecule has 0 spiro atoms. The number of hydrogen-bond donors (Lipinski definition) is 2. The lowest BCUT2D eigenvalue weighted by Gasteiger charge is -2.41. The minimum absolute atomic E-state index is 0.0841. The average molecular weight is 573 g/mol. The number of nitrogens with zero attached hydrogens (tertiary/aromatic N) is 5. The van der Waals surface area contributed by atoms with Gasteiger partial charge in [0.1, 0.15) is 30.0 Å². The summed E-state index contributed by atoms with van der Waals surface area (Å²) in [5, 5.41) is 17.1. The third kappa shape index (κ3) is 6.30. The molecule has 2 N–H and O–H groups in total. The van der Waals surface area contributed by atoms with Crippen LogP contribution in [0, 0.1) is 20.8 Å². The van der Waals surface area contributed by atoms with E-state index in [1.807, 2.05) is 52.0 Å². The lowest BCUT2D eigenvalue weighted by Crippen LogP contribution is -2.55. The molecule has 12 heteroatoms. The Bertz CT molecular complexity index is 1410. The smallest absolute Gasteiger partial charge is 0.214 e. The fourth-order valence-corrected chi connectivity index (χ4v) is 6.48. The van der Waals surface area contributed by atoms with Crippen molar-refractivity contribution in [2.75, 3.05) is 50.5 Å². The van der Waals surface area contributed by atoms with E-state index in [4.69, 9.17) is 19.2 Å². The van der Waals surface area contributed by atoms with Gasteiger partial charge < -0.3 is 24.6 Å². The topological polar surface area (TPSA) is 134 Å². The van der Waals surface area contributed by atoms with Crippen molar-refractivity contribution in [1.82, 2.24) is 24.7 Å². The second-order valence-electron chi connectivity index (χ2n) is 10.1. The van der Waals surface area contributed by atoms with Gasteiger partial charge in [0.05, 0.1) is 22.7 Å². The van der Waals surface area contributed by atoms with E-state index in [2.05, 4.69) is 15.4 Å². The fraction of sp³-hybridized carbons (Fsp3) is 0.536. The van der Waals surface area contributed by atoms with E-state index in [0.717, 1.165) is 33.9 Å². The van der Waals surface area contributed by atoms with Crippen molar-refractivity contribution >= 4 is 15.8 Å². The number of hydrogen-bond acceptors (Lipinski definition) is 10. The van der Waals surface area contributed by atoms with Gasteiger partial charge in [0.15, 0.2) is 5.82 Å². The van der Waals surface area contributed by atoms with Gasteiger partial charge in [0, 0.05) is 43.3 Å². The third-order valence-electron chi connectivity index (χ3n) is 7.29. The molecule has 1 fully saturated rings. The molecule has 3 heterocycles. The standard InChI is InChI=1S/C28H40N6O5S/c1-7-22-16-33(12-13-34(22)40(36,37)8-2)28-18(3)26(25-19(4)32-39-20(25)5)30-27(31-28)21-10-9-11-24(14-21)38-17-23(35)15-29-6/h9-11,14,22-23,29,35H,7-8,12-13,15-17H2,1-6H3/t22-,23?/m1/s1. The molecule has 1 aromatic carbocycles. The molecule has 2 aromatic heterocycles. The highest BCUT2D eigenvalue weighted by molar-refractivity contribution is 7.89. The van der Waals surface area contributed by atoms with E-state index in [9.17, 15) is 13.5 Å². The third-order valence-corrected chi connectivity index (χ3v) is 9.21. The van der Waals surface area contributed by atoms with Gasteiger partial charge in [-0.15, -0.1) is 0 Å². The number of rotatable bonds is 11. The van der Waals surface area contributed by atoms with Crippen LogP contribution in [-0.4, -0.2) is 90.7 Å². The van der Waals surface area contributed by atoms with Crippen LogP contribution < -0.4 is 15.0 Å². The van der Waals surface area contributed by atoms with Crippen LogP contribution in [0.5, 0.6) is 5.75 Å². The summed E-state index contributed by atoms with van der Waals surface area (Å²) in [6.45, 7) is 11.5. The van der Waals surface area contributed by atoms with E-state index in [1.54, 1.807) is 18.3 Å². The number of aromatic nitrogens is 3. The molecule has 0 amide bonds. The molecule has 0 radical (unpaired) electrons. The molecule has 11 nitrogen and oxygen atoms in total. The molecule has 2 atom stereocenters. The molecular formula is C28H40N6O5S. The zero-order chi connectivity index (χ0) is 29.0. The van der Waals surface area contributed by atoms with Crippen molar-refractivity contribution in [2.24, 2.45) is 0 Å². The van der Waals surface area contributed by atoms with Gasteiger partial charge in [-0.2, -0.15) is 4.31 Å². The van der Waals surface area contributed by atoms with Gasteiger partial charge in [-0.3, -0.25) is 0 Å². The summed E-state index contributed by atoms with van der Waals surface area (Å²) < 4.78 is 38.5. The summed E-state index contributed by atoms with van der Waals surface area (Å²) >= 11 is 0. The lowest BCUT2D eigenvalue weighted by atomic mass is 10.0. The SMILES string of the molecule is CC[C@@H]1CN(c2nc(-c3cccc(OCC(O)CNC)c3)nc(-c3c(C)noc3C)c2C)CCN1S(=O)(=O)CC.